The van der Waals surface area contributed by atoms with Gasteiger partial charge in [-0.1, -0.05) is 41.9 Å². The van der Waals surface area contributed by atoms with Crippen molar-refractivity contribution in [1.82, 2.24) is 5.32 Å². The highest BCUT2D eigenvalue weighted by Crippen LogP contribution is 2.26. The first-order chi connectivity index (χ1) is 11.2. The van der Waals surface area contributed by atoms with Crippen LogP contribution in [0.3, 0.4) is 0 Å². The van der Waals surface area contributed by atoms with Gasteiger partial charge in [0.1, 0.15) is 0 Å². The van der Waals surface area contributed by atoms with Gasteiger partial charge in [0.2, 0.25) is 0 Å². The standard InChI is InChI=1S/C18H20ClN3O/c19-15-8-2-3-9-16(15)21-18(23)20-11-13-22-12-5-7-14-6-1-4-10-17(14)22/h1-4,6,8-10H,5,7,11-13H2,(H2,20,21,23). The highest BCUT2D eigenvalue weighted by Gasteiger charge is 2.15. The summed E-state index contributed by atoms with van der Waals surface area (Å²) in [4.78, 5) is 14.3. The zero-order chi connectivity index (χ0) is 16.1. The van der Waals surface area contributed by atoms with Crippen LogP contribution in [-0.2, 0) is 6.42 Å². The van der Waals surface area contributed by atoms with Crippen molar-refractivity contribution < 1.29 is 4.79 Å². The number of aryl methyl sites for hydroxylation is 1. The SMILES string of the molecule is O=C(NCCN1CCCc2ccccc21)Nc1ccccc1Cl. The molecular formula is C18H20ClN3O. The third-order valence-corrected chi connectivity index (χ3v) is 4.33. The summed E-state index contributed by atoms with van der Waals surface area (Å²) in [7, 11) is 0. The lowest BCUT2D eigenvalue weighted by Crippen LogP contribution is -2.39. The summed E-state index contributed by atoms with van der Waals surface area (Å²) < 4.78 is 0. The summed E-state index contributed by atoms with van der Waals surface area (Å²) in [6.45, 7) is 2.42. The maximum atomic E-state index is 12.0. The van der Waals surface area contributed by atoms with Gasteiger partial charge in [-0.15, -0.1) is 0 Å². The number of hydrogen-bond donors (Lipinski definition) is 2. The molecule has 5 heteroatoms. The molecule has 23 heavy (non-hydrogen) atoms. The number of hydrogen-bond acceptors (Lipinski definition) is 2. The molecule has 1 aliphatic rings. The fourth-order valence-corrected chi connectivity index (χ4v) is 3.06. The van der Waals surface area contributed by atoms with Crippen molar-refractivity contribution in [3.63, 3.8) is 0 Å². The number of rotatable bonds is 4. The average Bonchev–Trinajstić information content (AvgIpc) is 2.57. The van der Waals surface area contributed by atoms with E-state index in [4.69, 9.17) is 11.6 Å². The van der Waals surface area contributed by atoms with Crippen molar-refractivity contribution in [3.8, 4) is 0 Å². The van der Waals surface area contributed by atoms with Crippen LogP contribution in [0.1, 0.15) is 12.0 Å². The number of amides is 2. The Balaban J connectivity index is 1.50. The van der Waals surface area contributed by atoms with Crippen LogP contribution in [0, 0.1) is 0 Å². The number of fused-ring (bicyclic) bond motifs is 1. The summed E-state index contributed by atoms with van der Waals surface area (Å²) in [5, 5.41) is 6.19. The van der Waals surface area contributed by atoms with Gasteiger partial charge in [0.05, 0.1) is 10.7 Å². The smallest absolute Gasteiger partial charge is 0.319 e. The topological polar surface area (TPSA) is 44.4 Å². The number of anilines is 2. The third-order valence-electron chi connectivity index (χ3n) is 4.00. The van der Waals surface area contributed by atoms with E-state index in [1.165, 1.54) is 11.3 Å². The Kier molecular flexibility index (Phi) is 5.03. The van der Waals surface area contributed by atoms with Crippen molar-refractivity contribution >= 4 is 29.0 Å². The van der Waals surface area contributed by atoms with Crippen LogP contribution in [0.2, 0.25) is 5.02 Å². The molecule has 2 amide bonds. The van der Waals surface area contributed by atoms with E-state index in [1.54, 1.807) is 12.1 Å². The molecule has 2 aromatic carbocycles. The molecule has 0 unspecified atom stereocenters. The maximum absolute atomic E-state index is 12.0. The van der Waals surface area contributed by atoms with Crippen LogP contribution in [0.5, 0.6) is 0 Å². The number of urea groups is 1. The summed E-state index contributed by atoms with van der Waals surface area (Å²) in [5.74, 6) is 0. The van der Waals surface area contributed by atoms with Crippen LogP contribution in [0.25, 0.3) is 0 Å². The van der Waals surface area contributed by atoms with E-state index < -0.39 is 0 Å². The molecule has 0 atom stereocenters. The molecule has 1 heterocycles. The van der Waals surface area contributed by atoms with E-state index in [2.05, 4.69) is 39.8 Å². The highest BCUT2D eigenvalue weighted by molar-refractivity contribution is 6.33. The maximum Gasteiger partial charge on any atom is 0.319 e. The fraction of sp³-hybridized carbons (Fsp3) is 0.278. The lowest BCUT2D eigenvalue weighted by molar-refractivity contribution is 0.252. The predicted molar refractivity (Wildman–Crippen MR) is 95.4 cm³/mol. The first-order valence-corrected chi connectivity index (χ1v) is 8.24. The van der Waals surface area contributed by atoms with Gasteiger partial charge in [-0.25, -0.2) is 4.79 Å². The van der Waals surface area contributed by atoms with Crippen LogP contribution < -0.4 is 15.5 Å². The Morgan fingerprint density at radius 2 is 1.91 bits per heavy atom. The molecular weight excluding hydrogens is 310 g/mol. The minimum absolute atomic E-state index is 0.233. The summed E-state index contributed by atoms with van der Waals surface area (Å²) in [5.41, 5.74) is 3.29. The first kappa shape index (κ1) is 15.7. The van der Waals surface area contributed by atoms with Gasteiger partial charge in [0, 0.05) is 25.3 Å². The van der Waals surface area contributed by atoms with Gasteiger partial charge >= 0.3 is 6.03 Å². The molecule has 0 bridgehead atoms. The number of carbonyl (C=O) groups excluding carboxylic acids is 1. The second kappa shape index (κ2) is 7.38. The van der Waals surface area contributed by atoms with Crippen LogP contribution in [0.4, 0.5) is 16.2 Å². The van der Waals surface area contributed by atoms with Gasteiger partial charge in [0.15, 0.2) is 0 Å². The minimum Gasteiger partial charge on any atom is -0.370 e. The minimum atomic E-state index is -0.233. The summed E-state index contributed by atoms with van der Waals surface area (Å²) in [6.07, 6.45) is 2.29. The molecule has 2 aromatic rings. The van der Waals surface area contributed by atoms with Crippen molar-refractivity contribution in [2.75, 3.05) is 29.9 Å². The first-order valence-electron chi connectivity index (χ1n) is 7.86. The largest absolute Gasteiger partial charge is 0.370 e. The molecule has 2 N–H and O–H groups in total. The van der Waals surface area contributed by atoms with E-state index in [1.807, 2.05) is 12.1 Å². The van der Waals surface area contributed by atoms with Crippen LogP contribution in [0.15, 0.2) is 48.5 Å². The van der Waals surface area contributed by atoms with Crippen LogP contribution >= 0.6 is 11.6 Å². The molecule has 0 spiro atoms. The number of carbonyl (C=O) groups is 1. The molecule has 3 rings (SSSR count). The van der Waals surface area contributed by atoms with E-state index in [-0.39, 0.29) is 6.03 Å². The number of nitrogens with one attached hydrogen (secondary N) is 2. The fourth-order valence-electron chi connectivity index (χ4n) is 2.88. The zero-order valence-corrected chi connectivity index (χ0v) is 13.6. The molecule has 120 valence electrons. The lowest BCUT2D eigenvalue weighted by atomic mass is 10.0. The molecule has 0 aromatic heterocycles. The average molecular weight is 330 g/mol. The van der Waals surface area contributed by atoms with Crippen LogP contribution in [-0.4, -0.2) is 25.7 Å². The van der Waals surface area contributed by atoms with Crippen molar-refractivity contribution in [2.45, 2.75) is 12.8 Å². The second-order valence-corrected chi connectivity index (χ2v) is 5.99. The van der Waals surface area contributed by atoms with E-state index >= 15 is 0 Å². The summed E-state index contributed by atoms with van der Waals surface area (Å²) >= 11 is 6.03. The Labute approximate surface area is 141 Å². The van der Waals surface area contributed by atoms with Gasteiger partial charge in [0.25, 0.3) is 0 Å². The van der Waals surface area contributed by atoms with E-state index in [0.717, 1.165) is 25.9 Å². The predicted octanol–water partition coefficient (Wildman–Crippen LogP) is 3.91. The Bertz CT molecular complexity index is 689. The van der Waals surface area contributed by atoms with Crippen molar-refractivity contribution in [3.05, 3.63) is 59.1 Å². The number of halogens is 1. The monoisotopic (exact) mass is 329 g/mol. The molecule has 0 fully saturated rings. The highest BCUT2D eigenvalue weighted by atomic mass is 35.5. The Morgan fingerprint density at radius 1 is 1.13 bits per heavy atom. The Morgan fingerprint density at radius 3 is 2.78 bits per heavy atom. The molecule has 4 nitrogen and oxygen atoms in total. The van der Waals surface area contributed by atoms with Gasteiger partial charge in [-0.3, -0.25) is 0 Å². The zero-order valence-electron chi connectivity index (χ0n) is 12.9. The molecule has 0 radical (unpaired) electrons. The van der Waals surface area contributed by atoms with E-state index in [9.17, 15) is 4.79 Å². The van der Waals surface area contributed by atoms with Crippen molar-refractivity contribution in [2.24, 2.45) is 0 Å². The molecule has 1 aliphatic heterocycles. The second-order valence-electron chi connectivity index (χ2n) is 5.58. The van der Waals surface area contributed by atoms with Crippen molar-refractivity contribution in [1.29, 1.82) is 0 Å². The number of nitrogens with zero attached hydrogens (tertiary/aromatic N) is 1. The lowest BCUT2D eigenvalue weighted by Gasteiger charge is -2.31. The normalized spacial score (nSPS) is 13.3. The molecule has 0 aliphatic carbocycles. The molecule has 0 saturated carbocycles. The number of para-hydroxylation sites is 2. The third kappa shape index (κ3) is 3.96. The quantitative estimate of drug-likeness (QED) is 0.893. The van der Waals surface area contributed by atoms with Gasteiger partial charge < -0.3 is 15.5 Å². The number of benzene rings is 2. The van der Waals surface area contributed by atoms with E-state index in [0.29, 0.717) is 17.3 Å². The van der Waals surface area contributed by atoms with Gasteiger partial charge in [-0.05, 0) is 36.6 Å². The summed E-state index contributed by atoms with van der Waals surface area (Å²) in [6, 6.07) is 15.4. The van der Waals surface area contributed by atoms with Gasteiger partial charge in [-0.2, -0.15) is 0 Å². The molecule has 0 saturated heterocycles. The Hall–Kier alpha value is -2.20.